The third-order valence-corrected chi connectivity index (χ3v) is 5.79. The number of rotatable bonds is 8. The normalized spacial score (nSPS) is 10.6. The summed E-state index contributed by atoms with van der Waals surface area (Å²) in [6.45, 7) is 3.03. The Morgan fingerprint density at radius 3 is 2.53 bits per heavy atom. The molecule has 2 aromatic carbocycles. The van der Waals surface area contributed by atoms with Gasteiger partial charge < -0.3 is 5.32 Å². The number of nitrogens with one attached hydrogen (secondary N) is 2. The fourth-order valence-electron chi connectivity index (χ4n) is 2.72. The van der Waals surface area contributed by atoms with Crippen LogP contribution in [0, 0.1) is 0 Å². The minimum atomic E-state index is -0.484. The number of hydrogen-bond donors (Lipinski definition) is 2. The van der Waals surface area contributed by atoms with Crippen molar-refractivity contribution in [1.29, 1.82) is 0 Å². The van der Waals surface area contributed by atoms with Crippen LogP contribution in [0.4, 0.5) is 4.79 Å². The molecule has 3 aromatic rings. The molecular formula is C21H22BrN5O2S. The lowest BCUT2D eigenvalue weighted by molar-refractivity contribution is -0.117. The molecule has 30 heavy (non-hydrogen) atoms. The monoisotopic (exact) mass is 487 g/mol. The second kappa shape index (κ2) is 10.9. The first-order valence-electron chi connectivity index (χ1n) is 9.51. The van der Waals surface area contributed by atoms with Crippen molar-refractivity contribution in [3.63, 3.8) is 0 Å². The van der Waals surface area contributed by atoms with Crippen molar-refractivity contribution in [3.8, 4) is 11.4 Å². The van der Waals surface area contributed by atoms with Crippen LogP contribution in [-0.4, -0.2) is 39.0 Å². The quantitative estimate of drug-likeness (QED) is 0.467. The van der Waals surface area contributed by atoms with Crippen molar-refractivity contribution in [2.45, 2.75) is 25.0 Å². The van der Waals surface area contributed by atoms with Crippen LogP contribution in [-0.2, 0) is 11.3 Å². The van der Waals surface area contributed by atoms with Gasteiger partial charge in [0.2, 0.25) is 5.91 Å². The number of urea groups is 1. The second-order valence-corrected chi connectivity index (χ2v) is 8.25. The zero-order valence-corrected chi connectivity index (χ0v) is 18.9. The number of nitrogens with zero attached hydrogens (tertiary/aromatic N) is 3. The number of imide groups is 1. The summed E-state index contributed by atoms with van der Waals surface area (Å²) in [6, 6.07) is 17.3. The SMILES string of the molecule is CCCNC(=O)NC(=O)CSc1nnc(-c2ccccc2Br)n1Cc1ccccc1. The summed E-state index contributed by atoms with van der Waals surface area (Å²) < 4.78 is 2.89. The number of halogens is 1. The van der Waals surface area contributed by atoms with Gasteiger partial charge in [-0.15, -0.1) is 10.2 Å². The molecule has 0 fully saturated rings. The molecule has 0 aliphatic rings. The van der Waals surface area contributed by atoms with E-state index in [4.69, 9.17) is 0 Å². The van der Waals surface area contributed by atoms with E-state index in [2.05, 4.69) is 36.8 Å². The Balaban J connectivity index is 1.79. The summed E-state index contributed by atoms with van der Waals surface area (Å²) in [6.07, 6.45) is 0.802. The predicted octanol–water partition coefficient (Wildman–Crippen LogP) is 4.08. The molecule has 0 bridgehead atoms. The van der Waals surface area contributed by atoms with Gasteiger partial charge in [0.25, 0.3) is 0 Å². The average Bonchev–Trinajstić information content (AvgIpc) is 3.14. The number of benzene rings is 2. The van der Waals surface area contributed by atoms with E-state index in [0.29, 0.717) is 24.1 Å². The third-order valence-electron chi connectivity index (χ3n) is 4.14. The molecule has 0 atom stereocenters. The number of amides is 3. The molecule has 0 aliphatic carbocycles. The first kappa shape index (κ1) is 22.0. The summed E-state index contributed by atoms with van der Waals surface area (Å²) in [5.74, 6) is 0.378. The van der Waals surface area contributed by atoms with Crippen LogP contribution in [0.15, 0.2) is 64.2 Å². The standard InChI is InChI=1S/C21H22BrN5O2S/c1-2-12-23-20(29)24-18(28)14-30-21-26-25-19(16-10-6-7-11-17(16)22)27(21)13-15-8-4-3-5-9-15/h3-11H,2,12-14H2,1H3,(H2,23,24,28,29). The second-order valence-electron chi connectivity index (χ2n) is 6.45. The number of hydrogen-bond acceptors (Lipinski definition) is 5. The third kappa shape index (κ3) is 5.93. The van der Waals surface area contributed by atoms with E-state index in [1.807, 2.05) is 66.1 Å². The lowest BCUT2D eigenvalue weighted by Crippen LogP contribution is -2.40. The highest BCUT2D eigenvalue weighted by Gasteiger charge is 2.18. The van der Waals surface area contributed by atoms with Crippen LogP contribution in [0.5, 0.6) is 0 Å². The molecule has 7 nitrogen and oxygen atoms in total. The summed E-state index contributed by atoms with van der Waals surface area (Å²) in [4.78, 5) is 23.8. The van der Waals surface area contributed by atoms with E-state index in [9.17, 15) is 9.59 Å². The summed E-state index contributed by atoms with van der Waals surface area (Å²) in [7, 11) is 0. The van der Waals surface area contributed by atoms with E-state index in [-0.39, 0.29) is 11.7 Å². The lowest BCUT2D eigenvalue weighted by atomic mass is 10.2. The van der Waals surface area contributed by atoms with Gasteiger partial charge in [-0.1, -0.05) is 83.1 Å². The molecule has 0 aliphatic heterocycles. The highest BCUT2D eigenvalue weighted by Crippen LogP contribution is 2.30. The van der Waals surface area contributed by atoms with Gasteiger partial charge in [0.15, 0.2) is 11.0 Å². The van der Waals surface area contributed by atoms with E-state index >= 15 is 0 Å². The molecular weight excluding hydrogens is 466 g/mol. The van der Waals surface area contributed by atoms with Crippen molar-refractivity contribution < 1.29 is 9.59 Å². The Morgan fingerprint density at radius 2 is 1.80 bits per heavy atom. The minimum Gasteiger partial charge on any atom is -0.338 e. The predicted molar refractivity (Wildman–Crippen MR) is 121 cm³/mol. The van der Waals surface area contributed by atoms with Gasteiger partial charge in [0.1, 0.15) is 0 Å². The van der Waals surface area contributed by atoms with Gasteiger partial charge in [-0.2, -0.15) is 0 Å². The molecule has 0 saturated carbocycles. The Morgan fingerprint density at radius 1 is 1.07 bits per heavy atom. The smallest absolute Gasteiger partial charge is 0.321 e. The molecule has 2 N–H and O–H groups in total. The van der Waals surface area contributed by atoms with Gasteiger partial charge in [0, 0.05) is 16.6 Å². The molecule has 0 unspecified atom stereocenters. The van der Waals surface area contributed by atoms with Crippen LogP contribution < -0.4 is 10.6 Å². The van der Waals surface area contributed by atoms with Crippen LogP contribution in [0.2, 0.25) is 0 Å². The Labute approximate surface area is 187 Å². The van der Waals surface area contributed by atoms with Crippen molar-refractivity contribution in [2.24, 2.45) is 0 Å². The Hall–Kier alpha value is -2.65. The number of carbonyl (C=O) groups excluding carboxylic acids is 2. The van der Waals surface area contributed by atoms with E-state index in [1.165, 1.54) is 11.8 Å². The Bertz CT molecular complexity index is 1010. The molecule has 1 aromatic heterocycles. The zero-order chi connectivity index (χ0) is 21.3. The highest BCUT2D eigenvalue weighted by atomic mass is 79.9. The maximum Gasteiger partial charge on any atom is 0.321 e. The van der Waals surface area contributed by atoms with Crippen LogP contribution in [0.25, 0.3) is 11.4 Å². The maximum atomic E-state index is 12.1. The molecule has 1 heterocycles. The Kier molecular flexibility index (Phi) is 8.04. The van der Waals surface area contributed by atoms with Gasteiger partial charge in [-0.05, 0) is 18.1 Å². The summed E-state index contributed by atoms with van der Waals surface area (Å²) in [5, 5.41) is 14.2. The van der Waals surface area contributed by atoms with Crippen LogP contribution in [0.3, 0.4) is 0 Å². The summed E-state index contributed by atoms with van der Waals surface area (Å²) in [5.41, 5.74) is 2.01. The van der Waals surface area contributed by atoms with Gasteiger partial charge >= 0.3 is 6.03 Å². The van der Waals surface area contributed by atoms with Crippen LogP contribution in [0.1, 0.15) is 18.9 Å². The van der Waals surface area contributed by atoms with E-state index < -0.39 is 6.03 Å². The minimum absolute atomic E-state index is 0.0580. The first-order valence-corrected chi connectivity index (χ1v) is 11.3. The lowest BCUT2D eigenvalue weighted by Gasteiger charge is -2.11. The fraction of sp³-hybridized carbons (Fsp3) is 0.238. The molecule has 3 amide bonds. The van der Waals surface area contributed by atoms with Crippen LogP contribution >= 0.6 is 27.7 Å². The number of carbonyl (C=O) groups is 2. The molecule has 9 heteroatoms. The van der Waals surface area contributed by atoms with Crippen molar-refractivity contribution in [1.82, 2.24) is 25.4 Å². The summed E-state index contributed by atoms with van der Waals surface area (Å²) >= 11 is 4.82. The van der Waals surface area contributed by atoms with Crippen molar-refractivity contribution >= 4 is 39.6 Å². The molecule has 0 radical (unpaired) electrons. The first-order chi connectivity index (χ1) is 14.6. The zero-order valence-electron chi connectivity index (χ0n) is 16.5. The van der Waals surface area contributed by atoms with E-state index in [1.54, 1.807) is 0 Å². The van der Waals surface area contributed by atoms with Gasteiger partial charge in [-0.3, -0.25) is 14.7 Å². The maximum absolute atomic E-state index is 12.1. The number of aromatic nitrogens is 3. The highest BCUT2D eigenvalue weighted by molar-refractivity contribution is 9.10. The van der Waals surface area contributed by atoms with Gasteiger partial charge in [-0.25, -0.2) is 4.79 Å². The topological polar surface area (TPSA) is 88.9 Å². The van der Waals surface area contributed by atoms with E-state index in [0.717, 1.165) is 22.0 Å². The van der Waals surface area contributed by atoms with Crippen molar-refractivity contribution in [2.75, 3.05) is 12.3 Å². The largest absolute Gasteiger partial charge is 0.338 e. The molecule has 156 valence electrons. The fourth-order valence-corrected chi connectivity index (χ4v) is 3.92. The van der Waals surface area contributed by atoms with Gasteiger partial charge in [0.05, 0.1) is 12.3 Å². The van der Waals surface area contributed by atoms with Crippen molar-refractivity contribution in [3.05, 3.63) is 64.6 Å². The average molecular weight is 488 g/mol. The molecule has 0 spiro atoms. The number of thioether (sulfide) groups is 1. The molecule has 0 saturated heterocycles. The molecule has 3 rings (SSSR count).